The van der Waals surface area contributed by atoms with Gasteiger partial charge in [-0.15, -0.1) is 0 Å². The molecule has 1 aromatic carbocycles. The molecule has 0 N–H and O–H groups in total. The van der Waals surface area contributed by atoms with Gasteiger partial charge in [0.25, 0.3) is 5.69 Å². The van der Waals surface area contributed by atoms with E-state index in [1.165, 1.54) is 6.07 Å². The zero-order valence-electron chi connectivity index (χ0n) is 10.8. The lowest BCUT2D eigenvalue weighted by Gasteiger charge is -2.04. The van der Waals surface area contributed by atoms with Crippen molar-refractivity contribution < 1.29 is 4.92 Å². The van der Waals surface area contributed by atoms with Crippen LogP contribution in [0.4, 0.5) is 5.69 Å². The molecular weight excluding hydrogens is 228 g/mol. The maximum atomic E-state index is 10.6. The number of rotatable bonds is 2. The third-order valence-electron chi connectivity index (χ3n) is 2.41. The molecule has 1 aromatic heterocycles. The predicted molar refractivity (Wildman–Crippen MR) is 72.4 cm³/mol. The minimum Gasteiger partial charge on any atom is -0.265 e. The molecule has 0 radical (unpaired) electrons. The molecule has 1 heterocycles. The van der Waals surface area contributed by atoms with Crippen LogP contribution in [0.1, 0.15) is 19.4 Å². The van der Waals surface area contributed by atoms with E-state index in [1.54, 1.807) is 24.5 Å². The van der Waals surface area contributed by atoms with Crippen LogP contribution in [0.5, 0.6) is 0 Å². The molecule has 2 rings (SSSR count). The Kier molecular flexibility index (Phi) is 4.99. The highest BCUT2D eigenvalue weighted by molar-refractivity contribution is 5.68. The van der Waals surface area contributed by atoms with Gasteiger partial charge in [0.15, 0.2) is 0 Å². The third-order valence-corrected chi connectivity index (χ3v) is 2.41. The van der Waals surface area contributed by atoms with Crippen molar-refractivity contribution in [3.63, 3.8) is 0 Å². The standard InChI is InChI=1S/C12H10N2O2.C2H6/c1-9-8-11(14(15)16)2-3-12(9)10-4-6-13-7-5-10;1-2/h2-8H,1H3;1-2H3. The van der Waals surface area contributed by atoms with Gasteiger partial charge in [0, 0.05) is 24.5 Å². The van der Waals surface area contributed by atoms with E-state index in [2.05, 4.69) is 4.98 Å². The van der Waals surface area contributed by atoms with Gasteiger partial charge < -0.3 is 0 Å². The van der Waals surface area contributed by atoms with Crippen LogP contribution >= 0.6 is 0 Å². The summed E-state index contributed by atoms with van der Waals surface area (Å²) in [6, 6.07) is 8.63. The van der Waals surface area contributed by atoms with Gasteiger partial charge in [-0.2, -0.15) is 0 Å². The van der Waals surface area contributed by atoms with Gasteiger partial charge in [-0.05, 0) is 41.8 Å². The van der Waals surface area contributed by atoms with Crippen molar-refractivity contribution in [1.82, 2.24) is 4.98 Å². The summed E-state index contributed by atoms with van der Waals surface area (Å²) in [5.41, 5.74) is 3.02. The molecule has 4 nitrogen and oxygen atoms in total. The minimum atomic E-state index is -0.386. The van der Waals surface area contributed by atoms with E-state index in [0.29, 0.717) is 0 Å². The number of benzene rings is 1. The highest BCUT2D eigenvalue weighted by Crippen LogP contribution is 2.25. The van der Waals surface area contributed by atoms with Gasteiger partial charge in [0.2, 0.25) is 0 Å². The molecule has 0 atom stereocenters. The van der Waals surface area contributed by atoms with Crippen LogP contribution in [0.25, 0.3) is 11.1 Å². The third kappa shape index (κ3) is 3.13. The highest BCUT2D eigenvalue weighted by atomic mass is 16.6. The van der Waals surface area contributed by atoms with Crippen molar-refractivity contribution >= 4 is 5.69 Å². The first-order chi connectivity index (χ1) is 8.68. The van der Waals surface area contributed by atoms with Crippen LogP contribution < -0.4 is 0 Å². The SMILES string of the molecule is CC.Cc1cc([N+](=O)[O-])ccc1-c1ccncc1. The van der Waals surface area contributed by atoms with E-state index >= 15 is 0 Å². The van der Waals surface area contributed by atoms with Crippen LogP contribution in [0.15, 0.2) is 42.7 Å². The summed E-state index contributed by atoms with van der Waals surface area (Å²) in [5.74, 6) is 0. The Morgan fingerprint density at radius 2 is 1.72 bits per heavy atom. The fourth-order valence-corrected chi connectivity index (χ4v) is 1.62. The quantitative estimate of drug-likeness (QED) is 0.592. The summed E-state index contributed by atoms with van der Waals surface area (Å²) in [6.45, 7) is 5.86. The highest BCUT2D eigenvalue weighted by Gasteiger charge is 2.08. The normalized spacial score (nSPS) is 9.28. The molecule has 4 heteroatoms. The van der Waals surface area contributed by atoms with Crippen LogP contribution in [-0.2, 0) is 0 Å². The molecule has 0 aliphatic rings. The number of aryl methyl sites for hydroxylation is 1. The zero-order valence-corrected chi connectivity index (χ0v) is 10.8. The maximum absolute atomic E-state index is 10.6. The summed E-state index contributed by atoms with van der Waals surface area (Å²) in [6.07, 6.45) is 3.41. The Hall–Kier alpha value is -2.23. The first-order valence-electron chi connectivity index (χ1n) is 5.84. The number of nitro benzene ring substituents is 1. The van der Waals surface area contributed by atoms with Gasteiger partial charge in [0.1, 0.15) is 0 Å². The van der Waals surface area contributed by atoms with Crippen molar-refractivity contribution in [2.45, 2.75) is 20.8 Å². The molecule has 0 saturated carbocycles. The van der Waals surface area contributed by atoms with Crippen molar-refractivity contribution in [3.8, 4) is 11.1 Å². The Labute approximate surface area is 106 Å². The second-order valence-corrected chi connectivity index (χ2v) is 3.49. The van der Waals surface area contributed by atoms with Gasteiger partial charge in [0.05, 0.1) is 4.92 Å². The van der Waals surface area contributed by atoms with Gasteiger partial charge in [-0.1, -0.05) is 13.8 Å². The summed E-state index contributed by atoms with van der Waals surface area (Å²) in [4.78, 5) is 14.1. The molecule has 0 aliphatic carbocycles. The Morgan fingerprint density at radius 1 is 1.11 bits per heavy atom. The number of nitrogens with zero attached hydrogens (tertiary/aromatic N) is 2. The predicted octanol–water partition coefficient (Wildman–Crippen LogP) is 3.99. The van der Waals surface area contributed by atoms with Crippen LogP contribution in [0.3, 0.4) is 0 Å². The summed E-state index contributed by atoms with van der Waals surface area (Å²) >= 11 is 0. The number of pyridine rings is 1. The molecule has 0 unspecified atom stereocenters. The second-order valence-electron chi connectivity index (χ2n) is 3.49. The molecule has 0 saturated heterocycles. The summed E-state index contributed by atoms with van der Waals surface area (Å²) in [5, 5.41) is 10.6. The van der Waals surface area contributed by atoms with Gasteiger partial charge >= 0.3 is 0 Å². The van der Waals surface area contributed by atoms with E-state index in [0.717, 1.165) is 16.7 Å². The molecule has 94 valence electrons. The van der Waals surface area contributed by atoms with E-state index in [9.17, 15) is 10.1 Å². The molecule has 0 fully saturated rings. The fraction of sp³-hybridized carbons (Fsp3) is 0.214. The lowest BCUT2D eigenvalue weighted by molar-refractivity contribution is -0.384. The minimum absolute atomic E-state index is 0.121. The number of aromatic nitrogens is 1. The summed E-state index contributed by atoms with van der Waals surface area (Å²) in [7, 11) is 0. The zero-order chi connectivity index (χ0) is 13.5. The Morgan fingerprint density at radius 3 is 2.22 bits per heavy atom. The van der Waals surface area contributed by atoms with E-state index < -0.39 is 0 Å². The molecule has 18 heavy (non-hydrogen) atoms. The lowest BCUT2D eigenvalue weighted by atomic mass is 10.0. The van der Waals surface area contributed by atoms with E-state index in [1.807, 2.05) is 32.9 Å². The maximum Gasteiger partial charge on any atom is 0.269 e. The number of non-ortho nitro benzene ring substituents is 1. The van der Waals surface area contributed by atoms with Crippen molar-refractivity contribution in [1.29, 1.82) is 0 Å². The largest absolute Gasteiger partial charge is 0.269 e. The average molecular weight is 244 g/mol. The number of hydrogen-bond acceptors (Lipinski definition) is 3. The van der Waals surface area contributed by atoms with Gasteiger partial charge in [-0.3, -0.25) is 15.1 Å². The fourth-order valence-electron chi connectivity index (χ4n) is 1.62. The van der Waals surface area contributed by atoms with Crippen LogP contribution in [0, 0.1) is 17.0 Å². The van der Waals surface area contributed by atoms with Crippen molar-refractivity contribution in [2.24, 2.45) is 0 Å². The number of nitro groups is 1. The summed E-state index contributed by atoms with van der Waals surface area (Å²) < 4.78 is 0. The van der Waals surface area contributed by atoms with Crippen molar-refractivity contribution in [2.75, 3.05) is 0 Å². The molecule has 0 aliphatic heterocycles. The van der Waals surface area contributed by atoms with Gasteiger partial charge in [-0.25, -0.2) is 0 Å². The Balaban J connectivity index is 0.000000771. The van der Waals surface area contributed by atoms with Crippen LogP contribution in [0.2, 0.25) is 0 Å². The second kappa shape index (κ2) is 6.49. The smallest absolute Gasteiger partial charge is 0.265 e. The first-order valence-corrected chi connectivity index (χ1v) is 5.84. The van der Waals surface area contributed by atoms with E-state index in [4.69, 9.17) is 0 Å². The van der Waals surface area contributed by atoms with Crippen LogP contribution in [-0.4, -0.2) is 9.91 Å². The lowest BCUT2D eigenvalue weighted by Crippen LogP contribution is -1.90. The Bertz CT molecular complexity index is 525. The monoisotopic (exact) mass is 244 g/mol. The van der Waals surface area contributed by atoms with Crippen molar-refractivity contribution in [3.05, 3.63) is 58.4 Å². The molecule has 0 amide bonds. The molecule has 2 aromatic rings. The molecular formula is C14H16N2O2. The number of hydrogen-bond donors (Lipinski definition) is 0. The molecule has 0 spiro atoms. The van der Waals surface area contributed by atoms with E-state index in [-0.39, 0.29) is 10.6 Å². The first kappa shape index (κ1) is 13.8. The molecule has 0 bridgehead atoms. The topological polar surface area (TPSA) is 56.0 Å². The average Bonchev–Trinajstić information content (AvgIpc) is 2.42.